The van der Waals surface area contributed by atoms with E-state index in [1.165, 1.54) is 18.2 Å². The number of rotatable bonds is 9. The molecule has 0 atom stereocenters. The molecular formula is C26H30N6O5. The molecule has 3 aromatic rings. The van der Waals surface area contributed by atoms with Crippen molar-refractivity contribution in [2.24, 2.45) is 0 Å². The van der Waals surface area contributed by atoms with Crippen molar-refractivity contribution in [2.45, 2.75) is 37.8 Å². The Kier molecular flexibility index (Phi) is 8.02. The number of non-ortho nitro benzene ring substituents is 1. The van der Waals surface area contributed by atoms with Gasteiger partial charge in [0.2, 0.25) is 5.95 Å². The average Bonchev–Trinajstić information content (AvgIpc) is 2.90. The molecule has 194 valence electrons. The maximum Gasteiger partial charge on any atom is 0.270 e. The van der Waals surface area contributed by atoms with Gasteiger partial charge in [-0.05, 0) is 62.1 Å². The minimum absolute atomic E-state index is 0.0623. The van der Waals surface area contributed by atoms with Crippen LogP contribution < -0.4 is 25.0 Å². The van der Waals surface area contributed by atoms with E-state index in [0.717, 1.165) is 31.5 Å². The van der Waals surface area contributed by atoms with Crippen LogP contribution in [0.4, 0.5) is 17.5 Å². The predicted octanol–water partition coefficient (Wildman–Crippen LogP) is 4.40. The van der Waals surface area contributed by atoms with E-state index in [9.17, 15) is 14.9 Å². The first-order chi connectivity index (χ1) is 17.8. The molecule has 0 saturated heterocycles. The van der Waals surface area contributed by atoms with Gasteiger partial charge in [0.05, 0.1) is 17.6 Å². The van der Waals surface area contributed by atoms with Gasteiger partial charge in [-0.15, -0.1) is 0 Å². The van der Waals surface area contributed by atoms with Crippen molar-refractivity contribution in [1.29, 1.82) is 0 Å². The molecule has 1 aromatic heterocycles. The lowest BCUT2D eigenvalue weighted by molar-refractivity contribution is -0.384. The molecule has 1 heterocycles. The van der Waals surface area contributed by atoms with E-state index in [1.807, 2.05) is 25.1 Å². The van der Waals surface area contributed by atoms with Crippen molar-refractivity contribution < 1.29 is 19.2 Å². The van der Waals surface area contributed by atoms with Gasteiger partial charge in [0, 0.05) is 44.5 Å². The number of ether oxygens (including phenoxy) is 2. The molecule has 0 bridgehead atoms. The minimum Gasteiger partial charge on any atom is -0.497 e. The van der Waals surface area contributed by atoms with E-state index in [2.05, 4.69) is 20.6 Å². The molecule has 11 nitrogen and oxygen atoms in total. The molecule has 11 heteroatoms. The van der Waals surface area contributed by atoms with Crippen LogP contribution in [0.3, 0.4) is 0 Å². The Labute approximate surface area is 215 Å². The quantitative estimate of drug-likeness (QED) is 0.320. The van der Waals surface area contributed by atoms with Crippen LogP contribution in [0.5, 0.6) is 17.2 Å². The number of nitrogens with zero attached hydrogens (tertiary/aromatic N) is 4. The zero-order valence-corrected chi connectivity index (χ0v) is 21.0. The third-order valence-corrected chi connectivity index (χ3v) is 6.20. The molecule has 0 radical (unpaired) electrons. The normalized spacial score (nSPS) is 16.9. The second-order valence-corrected chi connectivity index (χ2v) is 9.01. The summed E-state index contributed by atoms with van der Waals surface area (Å²) in [5.74, 6) is 2.37. The maximum atomic E-state index is 13.2. The summed E-state index contributed by atoms with van der Waals surface area (Å²) in [5.41, 5.74) is -0.0701. The standard InChI is InChI=1S/C26H30N6O5/c1-31(2)24-14-15-27-26(30-24)29-18-6-4-17(5-7-18)28-25(33)22-16-19(32(34)35)8-13-23(22)37-21-11-9-20(36-3)10-12-21/h8-18H,4-7H2,1-3H3,(H,28,33)(H,27,29,30)/t17-,18+. The fraction of sp³-hybridized carbons (Fsp3) is 0.346. The summed E-state index contributed by atoms with van der Waals surface area (Å²) in [6.07, 6.45) is 4.87. The van der Waals surface area contributed by atoms with E-state index >= 15 is 0 Å². The Balaban J connectivity index is 1.40. The first-order valence-corrected chi connectivity index (χ1v) is 12.0. The molecule has 1 amide bonds. The number of nitrogens with one attached hydrogen (secondary N) is 2. The minimum atomic E-state index is -0.530. The number of carbonyl (C=O) groups is 1. The first kappa shape index (κ1) is 25.7. The van der Waals surface area contributed by atoms with Crippen molar-refractivity contribution in [3.05, 3.63) is 70.4 Å². The largest absolute Gasteiger partial charge is 0.497 e. The number of methoxy groups -OCH3 is 1. The Morgan fingerprint density at radius 1 is 1.03 bits per heavy atom. The van der Waals surface area contributed by atoms with Gasteiger partial charge in [-0.25, -0.2) is 4.98 Å². The van der Waals surface area contributed by atoms with Gasteiger partial charge in [0.1, 0.15) is 23.1 Å². The van der Waals surface area contributed by atoms with E-state index in [-0.39, 0.29) is 29.1 Å². The van der Waals surface area contributed by atoms with Crippen molar-refractivity contribution in [1.82, 2.24) is 15.3 Å². The van der Waals surface area contributed by atoms with Crippen molar-refractivity contribution in [3.8, 4) is 17.2 Å². The number of carbonyl (C=O) groups excluding carboxylic acids is 1. The van der Waals surface area contributed by atoms with Crippen LogP contribution in [0, 0.1) is 10.1 Å². The first-order valence-electron chi connectivity index (χ1n) is 12.0. The molecule has 1 fully saturated rings. The van der Waals surface area contributed by atoms with Gasteiger partial charge in [0.25, 0.3) is 11.6 Å². The average molecular weight is 507 g/mol. The lowest BCUT2D eigenvalue weighted by Crippen LogP contribution is -2.40. The van der Waals surface area contributed by atoms with Gasteiger partial charge in [-0.1, -0.05) is 0 Å². The molecule has 2 N–H and O–H groups in total. The number of nitro groups is 1. The SMILES string of the molecule is COc1ccc(Oc2ccc([N+](=O)[O-])cc2C(=O)N[C@H]2CC[C@@H](Nc3nccc(N(C)C)n3)CC2)cc1. The molecule has 2 aromatic carbocycles. The van der Waals surface area contributed by atoms with E-state index in [4.69, 9.17) is 9.47 Å². The molecule has 1 saturated carbocycles. The molecule has 0 unspecified atom stereocenters. The molecule has 4 rings (SSSR count). The smallest absolute Gasteiger partial charge is 0.270 e. The van der Waals surface area contributed by atoms with Crippen molar-refractivity contribution in [2.75, 3.05) is 31.4 Å². The topological polar surface area (TPSA) is 132 Å². The van der Waals surface area contributed by atoms with Crippen molar-refractivity contribution >= 4 is 23.4 Å². The summed E-state index contributed by atoms with van der Waals surface area (Å²) in [6.45, 7) is 0. The lowest BCUT2D eigenvalue weighted by atomic mass is 9.91. The Hall–Kier alpha value is -4.41. The Morgan fingerprint density at radius 2 is 1.70 bits per heavy atom. The number of aromatic nitrogens is 2. The Bertz CT molecular complexity index is 1240. The molecule has 1 aliphatic carbocycles. The van der Waals surface area contributed by atoms with Gasteiger partial charge >= 0.3 is 0 Å². The summed E-state index contributed by atoms with van der Waals surface area (Å²) >= 11 is 0. The number of anilines is 2. The second kappa shape index (κ2) is 11.5. The number of nitro benzene ring substituents is 1. The van der Waals surface area contributed by atoms with Crippen LogP contribution in [-0.4, -0.2) is 54.1 Å². The fourth-order valence-electron chi connectivity index (χ4n) is 4.16. The van der Waals surface area contributed by atoms with Gasteiger partial charge in [-0.3, -0.25) is 14.9 Å². The van der Waals surface area contributed by atoms with Crippen molar-refractivity contribution in [3.63, 3.8) is 0 Å². The number of hydrogen-bond donors (Lipinski definition) is 2. The predicted molar refractivity (Wildman–Crippen MR) is 140 cm³/mol. The van der Waals surface area contributed by atoms with Gasteiger partial charge < -0.3 is 25.0 Å². The molecular weight excluding hydrogens is 476 g/mol. The van der Waals surface area contributed by atoms with E-state index in [1.54, 1.807) is 37.6 Å². The van der Waals surface area contributed by atoms with E-state index < -0.39 is 10.8 Å². The summed E-state index contributed by atoms with van der Waals surface area (Å²) < 4.78 is 11.1. The van der Waals surface area contributed by atoms with Crippen LogP contribution in [0.15, 0.2) is 54.7 Å². The third-order valence-electron chi connectivity index (χ3n) is 6.20. The summed E-state index contributed by atoms with van der Waals surface area (Å²) in [4.78, 5) is 34.7. The molecule has 1 aliphatic rings. The summed E-state index contributed by atoms with van der Waals surface area (Å²) in [7, 11) is 5.41. The lowest BCUT2D eigenvalue weighted by Gasteiger charge is -2.30. The van der Waals surface area contributed by atoms with Crippen LogP contribution in [0.1, 0.15) is 36.0 Å². The summed E-state index contributed by atoms with van der Waals surface area (Å²) in [5, 5.41) is 17.8. The fourth-order valence-corrected chi connectivity index (χ4v) is 4.16. The van der Waals surface area contributed by atoms with Gasteiger partial charge in [0.15, 0.2) is 0 Å². The van der Waals surface area contributed by atoms with Gasteiger partial charge in [-0.2, -0.15) is 4.98 Å². The zero-order chi connectivity index (χ0) is 26.4. The highest BCUT2D eigenvalue weighted by molar-refractivity contribution is 5.98. The third kappa shape index (κ3) is 6.63. The molecule has 37 heavy (non-hydrogen) atoms. The number of hydrogen-bond acceptors (Lipinski definition) is 9. The highest BCUT2D eigenvalue weighted by atomic mass is 16.6. The highest BCUT2D eigenvalue weighted by Gasteiger charge is 2.26. The number of benzene rings is 2. The monoisotopic (exact) mass is 506 g/mol. The highest BCUT2D eigenvalue weighted by Crippen LogP contribution is 2.30. The molecule has 0 spiro atoms. The zero-order valence-electron chi connectivity index (χ0n) is 21.0. The molecule has 0 aliphatic heterocycles. The number of amides is 1. The summed E-state index contributed by atoms with van der Waals surface area (Å²) in [6, 6.07) is 12.9. The van der Waals surface area contributed by atoms with Crippen LogP contribution >= 0.6 is 0 Å². The van der Waals surface area contributed by atoms with Crippen LogP contribution in [0.2, 0.25) is 0 Å². The van der Waals surface area contributed by atoms with E-state index in [0.29, 0.717) is 17.4 Å². The van der Waals surface area contributed by atoms with Crippen LogP contribution in [0.25, 0.3) is 0 Å². The van der Waals surface area contributed by atoms with Crippen LogP contribution in [-0.2, 0) is 0 Å². The second-order valence-electron chi connectivity index (χ2n) is 9.01. The Morgan fingerprint density at radius 3 is 2.35 bits per heavy atom. The maximum absolute atomic E-state index is 13.2.